The van der Waals surface area contributed by atoms with Crippen LogP contribution in [0.1, 0.15) is 5.56 Å². The first-order valence-corrected chi connectivity index (χ1v) is 6.10. The van der Waals surface area contributed by atoms with Gasteiger partial charge in [-0.1, -0.05) is 18.2 Å². The number of nitrogens with one attached hydrogen (secondary N) is 2. The third kappa shape index (κ3) is 2.37. The Kier molecular flexibility index (Phi) is 3.05. The van der Waals surface area contributed by atoms with Gasteiger partial charge >= 0.3 is 0 Å². The molecule has 2 N–H and O–H groups in total. The number of aromatic amines is 1. The molecule has 0 unspecified atom stereocenters. The molecule has 0 aliphatic heterocycles. The molecule has 96 valence electrons. The minimum atomic E-state index is -0.250. The number of nitrogens with zero attached hydrogens (tertiary/aromatic N) is 2. The van der Waals surface area contributed by atoms with E-state index in [-0.39, 0.29) is 11.1 Å². The van der Waals surface area contributed by atoms with E-state index in [1.165, 1.54) is 6.07 Å². The topological polar surface area (TPSA) is 53.6 Å². The fraction of sp³-hybridized carbons (Fsp3) is 0.0769. The van der Waals surface area contributed by atoms with Gasteiger partial charge in [-0.3, -0.25) is 0 Å². The van der Waals surface area contributed by atoms with Gasteiger partial charge in [0.1, 0.15) is 17.3 Å². The molecule has 0 fully saturated rings. The van der Waals surface area contributed by atoms with Crippen LogP contribution >= 0.6 is 11.6 Å². The summed E-state index contributed by atoms with van der Waals surface area (Å²) in [5.74, 6) is 0.333. The Balaban J connectivity index is 1.90. The first kappa shape index (κ1) is 11.9. The summed E-state index contributed by atoms with van der Waals surface area (Å²) < 4.78 is 13.5. The third-order valence-electron chi connectivity index (χ3n) is 2.79. The molecular formula is C13H10ClFN4. The monoisotopic (exact) mass is 276 g/mol. The van der Waals surface area contributed by atoms with Gasteiger partial charge < -0.3 is 10.3 Å². The minimum Gasteiger partial charge on any atom is -0.365 e. The van der Waals surface area contributed by atoms with Crippen molar-refractivity contribution >= 4 is 28.5 Å². The average Bonchev–Trinajstić information content (AvgIpc) is 2.85. The van der Waals surface area contributed by atoms with Crippen molar-refractivity contribution in [1.29, 1.82) is 0 Å². The van der Waals surface area contributed by atoms with Gasteiger partial charge in [0.15, 0.2) is 0 Å². The lowest BCUT2D eigenvalue weighted by Gasteiger charge is -2.07. The largest absolute Gasteiger partial charge is 0.365 e. The number of anilines is 1. The molecule has 1 aromatic carbocycles. The smallest absolute Gasteiger partial charge is 0.226 e. The van der Waals surface area contributed by atoms with Crippen LogP contribution in [0.3, 0.4) is 0 Å². The van der Waals surface area contributed by atoms with Crippen LogP contribution < -0.4 is 5.32 Å². The Labute approximate surface area is 113 Å². The van der Waals surface area contributed by atoms with Crippen molar-refractivity contribution in [2.75, 3.05) is 5.32 Å². The molecule has 2 heterocycles. The van der Waals surface area contributed by atoms with Crippen LogP contribution in [0.4, 0.5) is 10.2 Å². The maximum absolute atomic E-state index is 13.5. The van der Waals surface area contributed by atoms with Crippen LogP contribution in [0.25, 0.3) is 11.0 Å². The summed E-state index contributed by atoms with van der Waals surface area (Å²) in [6.07, 6.45) is 1.75. The SMILES string of the molecule is Fc1ccccc1CNc1nc(Cl)nc2[nH]ccc12. The van der Waals surface area contributed by atoms with Crippen molar-refractivity contribution < 1.29 is 4.39 Å². The summed E-state index contributed by atoms with van der Waals surface area (Å²) in [5.41, 5.74) is 1.22. The summed E-state index contributed by atoms with van der Waals surface area (Å²) >= 11 is 5.84. The summed E-state index contributed by atoms with van der Waals surface area (Å²) in [6, 6.07) is 8.44. The minimum absolute atomic E-state index is 0.144. The molecule has 3 aromatic rings. The number of halogens is 2. The predicted molar refractivity (Wildman–Crippen MR) is 72.6 cm³/mol. The van der Waals surface area contributed by atoms with Gasteiger partial charge in [-0.15, -0.1) is 0 Å². The van der Waals surface area contributed by atoms with Crippen LogP contribution in [0.5, 0.6) is 0 Å². The van der Waals surface area contributed by atoms with Crippen molar-refractivity contribution in [3.63, 3.8) is 0 Å². The molecule has 4 nitrogen and oxygen atoms in total. The van der Waals surface area contributed by atoms with Crippen LogP contribution in [0, 0.1) is 5.82 Å². The lowest BCUT2D eigenvalue weighted by atomic mass is 10.2. The van der Waals surface area contributed by atoms with Gasteiger partial charge in [0.2, 0.25) is 5.28 Å². The molecule has 0 aliphatic rings. The maximum Gasteiger partial charge on any atom is 0.226 e. The van der Waals surface area contributed by atoms with Crippen LogP contribution in [-0.4, -0.2) is 15.0 Å². The summed E-state index contributed by atoms with van der Waals surface area (Å²) in [7, 11) is 0. The molecule has 0 aliphatic carbocycles. The highest BCUT2D eigenvalue weighted by molar-refractivity contribution is 6.28. The van der Waals surface area contributed by atoms with E-state index in [0.29, 0.717) is 23.6 Å². The van der Waals surface area contributed by atoms with Gasteiger partial charge in [-0.05, 0) is 23.7 Å². The number of aromatic nitrogens is 3. The normalized spacial score (nSPS) is 10.8. The van der Waals surface area contributed by atoms with Crippen molar-refractivity contribution in [3.05, 3.63) is 53.2 Å². The zero-order valence-corrected chi connectivity index (χ0v) is 10.6. The second-order valence-corrected chi connectivity index (χ2v) is 4.36. The second-order valence-electron chi connectivity index (χ2n) is 4.03. The Morgan fingerprint density at radius 2 is 2.05 bits per heavy atom. The van der Waals surface area contributed by atoms with E-state index < -0.39 is 0 Å². The van der Waals surface area contributed by atoms with E-state index in [1.54, 1.807) is 24.4 Å². The molecule has 6 heteroatoms. The van der Waals surface area contributed by atoms with E-state index in [9.17, 15) is 4.39 Å². The van der Waals surface area contributed by atoms with Gasteiger partial charge in [-0.2, -0.15) is 4.98 Å². The van der Waals surface area contributed by atoms with E-state index in [4.69, 9.17) is 11.6 Å². The lowest BCUT2D eigenvalue weighted by molar-refractivity contribution is 0.613. The molecule has 2 aromatic heterocycles. The third-order valence-corrected chi connectivity index (χ3v) is 2.96. The summed E-state index contributed by atoms with van der Waals surface area (Å²) in [5, 5.41) is 4.04. The molecule has 0 saturated carbocycles. The highest BCUT2D eigenvalue weighted by Gasteiger charge is 2.08. The Bertz CT molecular complexity index is 725. The molecule has 0 atom stereocenters. The number of hydrogen-bond acceptors (Lipinski definition) is 3. The van der Waals surface area contributed by atoms with Crippen molar-refractivity contribution in [1.82, 2.24) is 15.0 Å². The van der Waals surface area contributed by atoms with Crippen molar-refractivity contribution in [2.45, 2.75) is 6.54 Å². The van der Waals surface area contributed by atoms with Gasteiger partial charge in [0.25, 0.3) is 0 Å². The molecule has 0 radical (unpaired) electrons. The first-order chi connectivity index (χ1) is 9.24. The zero-order chi connectivity index (χ0) is 13.2. The first-order valence-electron chi connectivity index (χ1n) is 5.72. The molecule has 0 spiro atoms. The van der Waals surface area contributed by atoms with Crippen LogP contribution in [0.15, 0.2) is 36.5 Å². The Hall–Kier alpha value is -2.14. The van der Waals surface area contributed by atoms with Crippen LogP contribution in [-0.2, 0) is 6.54 Å². The fourth-order valence-electron chi connectivity index (χ4n) is 1.87. The Morgan fingerprint density at radius 1 is 1.21 bits per heavy atom. The summed E-state index contributed by atoms with van der Waals surface area (Å²) in [4.78, 5) is 11.1. The second kappa shape index (κ2) is 4.85. The maximum atomic E-state index is 13.5. The standard InChI is InChI=1S/C13H10ClFN4/c14-13-18-11-9(5-6-16-11)12(19-13)17-7-8-3-1-2-4-10(8)15/h1-6H,7H2,(H2,16,17,18,19). The number of H-pyrrole nitrogens is 1. The van der Waals surface area contributed by atoms with E-state index >= 15 is 0 Å². The number of hydrogen-bond donors (Lipinski definition) is 2. The average molecular weight is 277 g/mol. The fourth-order valence-corrected chi connectivity index (χ4v) is 2.04. The molecule has 3 rings (SSSR count). The van der Waals surface area contributed by atoms with E-state index in [1.807, 2.05) is 6.07 Å². The molecule has 0 bridgehead atoms. The van der Waals surface area contributed by atoms with Gasteiger partial charge in [0, 0.05) is 18.3 Å². The number of benzene rings is 1. The van der Waals surface area contributed by atoms with Crippen molar-refractivity contribution in [3.8, 4) is 0 Å². The predicted octanol–water partition coefficient (Wildman–Crippen LogP) is 3.36. The van der Waals surface area contributed by atoms with Gasteiger partial charge in [0.05, 0.1) is 5.39 Å². The summed E-state index contributed by atoms with van der Waals surface area (Å²) in [6.45, 7) is 0.334. The van der Waals surface area contributed by atoms with Crippen molar-refractivity contribution in [2.24, 2.45) is 0 Å². The highest BCUT2D eigenvalue weighted by Crippen LogP contribution is 2.21. The molecule has 19 heavy (non-hydrogen) atoms. The number of rotatable bonds is 3. The molecule has 0 saturated heterocycles. The molecular weight excluding hydrogens is 267 g/mol. The lowest BCUT2D eigenvalue weighted by Crippen LogP contribution is -2.04. The quantitative estimate of drug-likeness (QED) is 0.721. The van der Waals surface area contributed by atoms with E-state index in [0.717, 1.165) is 5.39 Å². The zero-order valence-electron chi connectivity index (χ0n) is 9.82. The van der Waals surface area contributed by atoms with Gasteiger partial charge in [-0.25, -0.2) is 9.37 Å². The Morgan fingerprint density at radius 3 is 2.89 bits per heavy atom. The number of fused-ring (bicyclic) bond motifs is 1. The van der Waals surface area contributed by atoms with E-state index in [2.05, 4.69) is 20.3 Å². The van der Waals surface area contributed by atoms with Crippen LogP contribution in [0.2, 0.25) is 5.28 Å². The molecule has 0 amide bonds. The highest BCUT2D eigenvalue weighted by atomic mass is 35.5.